The highest BCUT2D eigenvalue weighted by Gasteiger charge is 2.10. The molecule has 0 amide bonds. The summed E-state index contributed by atoms with van der Waals surface area (Å²) in [6.07, 6.45) is 3.12. The van der Waals surface area contributed by atoms with Gasteiger partial charge in [0.1, 0.15) is 5.75 Å². The Morgan fingerprint density at radius 1 is 1.44 bits per heavy atom. The summed E-state index contributed by atoms with van der Waals surface area (Å²) < 4.78 is 5.36. The first-order valence-electron chi connectivity index (χ1n) is 5.80. The van der Waals surface area contributed by atoms with Crippen molar-refractivity contribution in [3.8, 4) is 5.75 Å². The average molecular weight is 222 g/mol. The summed E-state index contributed by atoms with van der Waals surface area (Å²) in [6, 6.07) is 6.57. The van der Waals surface area contributed by atoms with E-state index in [9.17, 15) is 0 Å². The molecule has 1 unspecified atom stereocenters. The van der Waals surface area contributed by atoms with Gasteiger partial charge in [0.25, 0.3) is 0 Å². The molecular formula is C13H22N2O. The Hall–Kier alpha value is -1.06. The molecule has 0 saturated carbocycles. The van der Waals surface area contributed by atoms with E-state index in [0.717, 1.165) is 25.0 Å². The summed E-state index contributed by atoms with van der Waals surface area (Å²) in [5.41, 5.74) is 5.34. The monoisotopic (exact) mass is 222 g/mol. The zero-order chi connectivity index (χ0) is 12.0. The normalized spacial score (nSPS) is 12.5. The number of benzene rings is 1. The largest absolute Gasteiger partial charge is 0.496 e. The molecule has 0 heterocycles. The number of nitrogens with two attached hydrogens (primary N) is 1. The first-order chi connectivity index (χ1) is 7.71. The molecule has 0 spiro atoms. The summed E-state index contributed by atoms with van der Waals surface area (Å²) in [5, 5.41) is 0. The van der Waals surface area contributed by atoms with Crippen molar-refractivity contribution in [2.24, 2.45) is 5.84 Å². The number of hydrogen-bond acceptors (Lipinski definition) is 3. The van der Waals surface area contributed by atoms with E-state index in [1.165, 1.54) is 11.1 Å². The van der Waals surface area contributed by atoms with Gasteiger partial charge >= 0.3 is 0 Å². The molecule has 1 aromatic carbocycles. The lowest BCUT2D eigenvalue weighted by Crippen LogP contribution is -2.36. The van der Waals surface area contributed by atoms with E-state index in [4.69, 9.17) is 10.6 Å². The molecule has 0 fully saturated rings. The van der Waals surface area contributed by atoms with E-state index < -0.39 is 0 Å². The molecule has 0 saturated heterocycles. The van der Waals surface area contributed by atoms with Crippen LogP contribution in [0.2, 0.25) is 0 Å². The van der Waals surface area contributed by atoms with Crippen molar-refractivity contribution in [3.05, 3.63) is 29.3 Å². The minimum absolute atomic E-state index is 0.320. The van der Waals surface area contributed by atoms with Gasteiger partial charge in [-0.05, 0) is 31.4 Å². The first-order valence-corrected chi connectivity index (χ1v) is 5.80. The molecule has 0 aromatic heterocycles. The number of hydrogen-bond donors (Lipinski definition) is 2. The van der Waals surface area contributed by atoms with Gasteiger partial charge in [-0.25, -0.2) is 0 Å². The molecule has 0 aliphatic heterocycles. The predicted octanol–water partition coefficient (Wildman–Crippen LogP) is 2.18. The maximum absolute atomic E-state index is 5.55. The molecule has 3 N–H and O–H groups in total. The van der Waals surface area contributed by atoms with Crippen LogP contribution in [0.4, 0.5) is 0 Å². The minimum atomic E-state index is 0.320. The van der Waals surface area contributed by atoms with E-state index >= 15 is 0 Å². The maximum atomic E-state index is 5.55. The molecule has 0 bridgehead atoms. The van der Waals surface area contributed by atoms with Gasteiger partial charge in [0.15, 0.2) is 0 Å². The molecule has 0 aliphatic rings. The van der Waals surface area contributed by atoms with Crippen LogP contribution >= 0.6 is 0 Å². The van der Waals surface area contributed by atoms with Crippen LogP contribution < -0.4 is 16.0 Å². The van der Waals surface area contributed by atoms with Crippen LogP contribution in [0.3, 0.4) is 0 Å². The first kappa shape index (κ1) is 13.0. The van der Waals surface area contributed by atoms with E-state index in [1.807, 2.05) is 6.07 Å². The van der Waals surface area contributed by atoms with Gasteiger partial charge in [-0.1, -0.05) is 31.0 Å². The van der Waals surface area contributed by atoms with Crippen molar-refractivity contribution < 1.29 is 4.74 Å². The van der Waals surface area contributed by atoms with Crippen LogP contribution in [-0.4, -0.2) is 13.2 Å². The summed E-state index contributed by atoms with van der Waals surface area (Å²) in [5.74, 6) is 6.49. The lowest BCUT2D eigenvalue weighted by Gasteiger charge is -2.17. The maximum Gasteiger partial charge on any atom is 0.122 e. The lowest BCUT2D eigenvalue weighted by molar-refractivity contribution is 0.402. The van der Waals surface area contributed by atoms with Gasteiger partial charge in [-0.15, -0.1) is 0 Å². The van der Waals surface area contributed by atoms with Crippen LogP contribution in [0.15, 0.2) is 18.2 Å². The Kier molecular flexibility index (Phi) is 5.29. The molecule has 0 aliphatic carbocycles. The zero-order valence-corrected chi connectivity index (χ0v) is 10.4. The number of methoxy groups -OCH3 is 1. The smallest absolute Gasteiger partial charge is 0.122 e. The van der Waals surface area contributed by atoms with E-state index in [2.05, 4.69) is 31.4 Å². The Morgan fingerprint density at radius 2 is 2.19 bits per heavy atom. The molecule has 16 heavy (non-hydrogen) atoms. The fourth-order valence-electron chi connectivity index (χ4n) is 1.93. The van der Waals surface area contributed by atoms with Crippen LogP contribution in [0.1, 0.15) is 30.9 Å². The van der Waals surface area contributed by atoms with Gasteiger partial charge < -0.3 is 4.74 Å². The fraction of sp³-hybridized carbons (Fsp3) is 0.538. The molecule has 1 atom stereocenters. The average Bonchev–Trinajstić information content (AvgIpc) is 2.29. The number of hydrazine groups is 1. The highest BCUT2D eigenvalue weighted by molar-refractivity contribution is 5.37. The minimum Gasteiger partial charge on any atom is -0.496 e. The van der Waals surface area contributed by atoms with Crippen molar-refractivity contribution >= 4 is 0 Å². The molecule has 3 nitrogen and oxygen atoms in total. The van der Waals surface area contributed by atoms with Crippen molar-refractivity contribution in [3.63, 3.8) is 0 Å². The zero-order valence-electron chi connectivity index (χ0n) is 10.4. The van der Waals surface area contributed by atoms with Crippen molar-refractivity contribution in [2.75, 3.05) is 7.11 Å². The molecule has 0 radical (unpaired) electrons. The summed E-state index contributed by atoms with van der Waals surface area (Å²) >= 11 is 0. The second-order valence-electron chi connectivity index (χ2n) is 4.17. The van der Waals surface area contributed by atoms with E-state index in [1.54, 1.807) is 7.11 Å². The third-order valence-electron chi connectivity index (χ3n) is 2.78. The fourth-order valence-corrected chi connectivity index (χ4v) is 1.93. The Morgan fingerprint density at radius 3 is 2.75 bits per heavy atom. The van der Waals surface area contributed by atoms with Crippen molar-refractivity contribution in [1.29, 1.82) is 0 Å². The van der Waals surface area contributed by atoms with E-state index in [0.29, 0.717) is 6.04 Å². The molecule has 3 heteroatoms. The van der Waals surface area contributed by atoms with Gasteiger partial charge in [0, 0.05) is 6.04 Å². The van der Waals surface area contributed by atoms with Crippen LogP contribution in [0, 0.1) is 6.92 Å². The number of nitrogens with one attached hydrogen (secondary N) is 1. The third-order valence-corrected chi connectivity index (χ3v) is 2.78. The number of ether oxygens (including phenoxy) is 1. The Labute approximate surface area is 98.0 Å². The van der Waals surface area contributed by atoms with Crippen molar-refractivity contribution in [2.45, 2.75) is 39.2 Å². The van der Waals surface area contributed by atoms with Crippen LogP contribution in [0.25, 0.3) is 0 Å². The SMILES string of the molecule is CCCC(Cc1cc(C)ccc1OC)NN. The second kappa shape index (κ2) is 6.51. The highest BCUT2D eigenvalue weighted by atomic mass is 16.5. The second-order valence-corrected chi connectivity index (χ2v) is 4.17. The standard InChI is InChI=1S/C13H22N2O/c1-4-5-12(15-14)9-11-8-10(2)6-7-13(11)16-3/h6-8,12,15H,4-5,9,14H2,1-3H3. The molecule has 1 rings (SSSR count). The van der Waals surface area contributed by atoms with Crippen LogP contribution in [0.5, 0.6) is 5.75 Å². The molecule has 1 aromatic rings. The summed E-state index contributed by atoms with van der Waals surface area (Å²) in [4.78, 5) is 0. The van der Waals surface area contributed by atoms with Gasteiger partial charge in [-0.3, -0.25) is 11.3 Å². The van der Waals surface area contributed by atoms with Gasteiger partial charge in [0.05, 0.1) is 7.11 Å². The number of aryl methyl sites for hydroxylation is 1. The number of rotatable bonds is 6. The Bertz CT molecular complexity index is 326. The lowest BCUT2D eigenvalue weighted by atomic mass is 10.0. The Balaban J connectivity index is 2.80. The molecule has 90 valence electrons. The van der Waals surface area contributed by atoms with Crippen molar-refractivity contribution in [1.82, 2.24) is 5.43 Å². The molecular weight excluding hydrogens is 200 g/mol. The van der Waals surface area contributed by atoms with Gasteiger partial charge in [0.2, 0.25) is 0 Å². The summed E-state index contributed by atoms with van der Waals surface area (Å²) in [7, 11) is 1.71. The third kappa shape index (κ3) is 3.51. The quantitative estimate of drug-likeness (QED) is 0.573. The topological polar surface area (TPSA) is 47.3 Å². The van der Waals surface area contributed by atoms with Gasteiger partial charge in [-0.2, -0.15) is 0 Å². The van der Waals surface area contributed by atoms with E-state index in [-0.39, 0.29) is 0 Å². The highest BCUT2D eigenvalue weighted by Crippen LogP contribution is 2.21. The predicted molar refractivity (Wildman–Crippen MR) is 67.5 cm³/mol. The summed E-state index contributed by atoms with van der Waals surface area (Å²) in [6.45, 7) is 4.26. The van der Waals surface area contributed by atoms with Crippen LogP contribution in [-0.2, 0) is 6.42 Å².